The Morgan fingerprint density at radius 1 is 1.29 bits per heavy atom. The lowest BCUT2D eigenvalue weighted by molar-refractivity contribution is 0.673. The standard InChI is InChI=1S/C17H24ClN3/c1-3-4-5-9-20-16-7-6-15(17(18)13-16)8-11-21-12-10-19-14(21)2/h6-7,10,12-13,20H,3-5,8-9,11H2,1-2H3. The van der Waals surface area contributed by atoms with E-state index in [0.29, 0.717) is 0 Å². The van der Waals surface area contributed by atoms with Gasteiger partial charge in [-0.05, 0) is 37.5 Å². The van der Waals surface area contributed by atoms with E-state index in [9.17, 15) is 0 Å². The van der Waals surface area contributed by atoms with E-state index in [1.54, 1.807) is 0 Å². The van der Waals surface area contributed by atoms with Gasteiger partial charge in [-0.15, -0.1) is 0 Å². The number of aryl methyl sites for hydroxylation is 3. The van der Waals surface area contributed by atoms with Gasteiger partial charge >= 0.3 is 0 Å². The summed E-state index contributed by atoms with van der Waals surface area (Å²) in [5.41, 5.74) is 2.29. The number of nitrogens with one attached hydrogen (secondary N) is 1. The fourth-order valence-electron chi connectivity index (χ4n) is 2.35. The van der Waals surface area contributed by atoms with Gasteiger partial charge in [-0.2, -0.15) is 0 Å². The molecule has 114 valence electrons. The third-order valence-corrected chi connectivity index (χ3v) is 4.06. The highest BCUT2D eigenvalue weighted by atomic mass is 35.5. The Bertz CT molecular complexity index is 563. The van der Waals surface area contributed by atoms with Crippen molar-refractivity contribution >= 4 is 17.3 Å². The molecule has 0 saturated carbocycles. The summed E-state index contributed by atoms with van der Waals surface area (Å²) in [4.78, 5) is 4.23. The first kappa shape index (κ1) is 15.9. The quantitative estimate of drug-likeness (QED) is 0.717. The zero-order chi connectivity index (χ0) is 15.1. The van der Waals surface area contributed by atoms with Gasteiger partial charge < -0.3 is 9.88 Å². The van der Waals surface area contributed by atoms with Crippen LogP contribution in [0.2, 0.25) is 5.02 Å². The molecular weight excluding hydrogens is 282 g/mol. The van der Waals surface area contributed by atoms with Crippen LogP contribution in [0.1, 0.15) is 37.6 Å². The molecule has 0 aliphatic heterocycles. The summed E-state index contributed by atoms with van der Waals surface area (Å²) in [5.74, 6) is 1.04. The van der Waals surface area contributed by atoms with Crippen LogP contribution in [0.25, 0.3) is 0 Å². The second-order valence-electron chi connectivity index (χ2n) is 5.36. The molecule has 0 aliphatic rings. The summed E-state index contributed by atoms with van der Waals surface area (Å²) in [7, 11) is 0. The van der Waals surface area contributed by atoms with Gasteiger partial charge in [0, 0.05) is 36.2 Å². The molecule has 2 rings (SSSR count). The monoisotopic (exact) mass is 305 g/mol. The van der Waals surface area contributed by atoms with Crippen molar-refractivity contribution < 1.29 is 0 Å². The molecule has 0 atom stereocenters. The van der Waals surface area contributed by atoms with Gasteiger partial charge in [0.25, 0.3) is 0 Å². The van der Waals surface area contributed by atoms with Crippen LogP contribution in [-0.4, -0.2) is 16.1 Å². The molecule has 0 saturated heterocycles. The van der Waals surface area contributed by atoms with E-state index in [2.05, 4.69) is 33.9 Å². The Balaban J connectivity index is 1.88. The largest absolute Gasteiger partial charge is 0.385 e. The maximum atomic E-state index is 6.38. The van der Waals surface area contributed by atoms with Crippen molar-refractivity contribution in [3.05, 3.63) is 47.0 Å². The number of halogens is 1. The predicted molar refractivity (Wildman–Crippen MR) is 90.1 cm³/mol. The summed E-state index contributed by atoms with van der Waals surface area (Å²) in [6, 6.07) is 6.27. The van der Waals surface area contributed by atoms with E-state index >= 15 is 0 Å². The van der Waals surface area contributed by atoms with Crippen LogP contribution in [0.5, 0.6) is 0 Å². The molecular formula is C17H24ClN3. The van der Waals surface area contributed by atoms with Crippen molar-refractivity contribution in [3.8, 4) is 0 Å². The highest BCUT2D eigenvalue weighted by molar-refractivity contribution is 6.31. The van der Waals surface area contributed by atoms with E-state index < -0.39 is 0 Å². The van der Waals surface area contributed by atoms with Crippen LogP contribution in [0.4, 0.5) is 5.69 Å². The first-order valence-corrected chi connectivity index (χ1v) is 8.08. The number of hydrogen-bond donors (Lipinski definition) is 1. The number of hydrogen-bond acceptors (Lipinski definition) is 2. The highest BCUT2D eigenvalue weighted by Crippen LogP contribution is 2.22. The molecule has 1 aromatic carbocycles. The van der Waals surface area contributed by atoms with Gasteiger partial charge in [0.1, 0.15) is 5.82 Å². The van der Waals surface area contributed by atoms with E-state index in [-0.39, 0.29) is 0 Å². The molecule has 0 amide bonds. The Hall–Kier alpha value is -1.48. The fraction of sp³-hybridized carbons (Fsp3) is 0.471. The number of nitrogens with zero attached hydrogens (tertiary/aromatic N) is 2. The number of aromatic nitrogens is 2. The van der Waals surface area contributed by atoms with Crippen molar-refractivity contribution in [2.24, 2.45) is 0 Å². The zero-order valence-corrected chi connectivity index (χ0v) is 13.7. The van der Waals surface area contributed by atoms with Crippen LogP contribution in [0.3, 0.4) is 0 Å². The molecule has 1 N–H and O–H groups in total. The van der Waals surface area contributed by atoms with Crippen molar-refractivity contribution in [2.75, 3.05) is 11.9 Å². The molecule has 1 heterocycles. The minimum Gasteiger partial charge on any atom is -0.385 e. The second kappa shape index (κ2) is 8.08. The predicted octanol–water partition coefficient (Wildman–Crippen LogP) is 4.69. The summed E-state index contributed by atoms with van der Waals surface area (Å²) < 4.78 is 2.15. The zero-order valence-electron chi connectivity index (χ0n) is 12.9. The van der Waals surface area contributed by atoms with Crippen molar-refractivity contribution in [1.29, 1.82) is 0 Å². The lowest BCUT2D eigenvalue weighted by atomic mass is 10.1. The molecule has 3 nitrogen and oxygen atoms in total. The van der Waals surface area contributed by atoms with Crippen LogP contribution in [0.15, 0.2) is 30.6 Å². The third-order valence-electron chi connectivity index (χ3n) is 3.71. The van der Waals surface area contributed by atoms with Gasteiger partial charge in [0.05, 0.1) is 0 Å². The lowest BCUT2D eigenvalue weighted by Crippen LogP contribution is -2.04. The average Bonchev–Trinajstić information content (AvgIpc) is 2.88. The molecule has 1 aromatic heterocycles. The van der Waals surface area contributed by atoms with E-state index in [0.717, 1.165) is 36.0 Å². The minimum atomic E-state index is 0.841. The van der Waals surface area contributed by atoms with Crippen LogP contribution < -0.4 is 5.32 Å². The van der Waals surface area contributed by atoms with Crippen LogP contribution in [0, 0.1) is 6.92 Å². The Labute approximate surface area is 132 Å². The van der Waals surface area contributed by atoms with Gasteiger partial charge in [0.15, 0.2) is 0 Å². The first-order chi connectivity index (χ1) is 10.2. The van der Waals surface area contributed by atoms with Crippen LogP contribution in [-0.2, 0) is 13.0 Å². The van der Waals surface area contributed by atoms with Gasteiger partial charge in [-0.25, -0.2) is 4.98 Å². The summed E-state index contributed by atoms with van der Waals surface area (Å²) in [5, 5.41) is 4.27. The van der Waals surface area contributed by atoms with Crippen molar-refractivity contribution in [1.82, 2.24) is 9.55 Å². The lowest BCUT2D eigenvalue weighted by Gasteiger charge is -2.10. The number of benzene rings is 1. The average molecular weight is 306 g/mol. The van der Waals surface area contributed by atoms with Crippen molar-refractivity contribution in [3.63, 3.8) is 0 Å². The number of rotatable bonds is 8. The van der Waals surface area contributed by atoms with E-state index in [4.69, 9.17) is 11.6 Å². The topological polar surface area (TPSA) is 29.9 Å². The Morgan fingerprint density at radius 2 is 2.14 bits per heavy atom. The Morgan fingerprint density at radius 3 is 2.81 bits per heavy atom. The molecule has 2 aromatic rings. The highest BCUT2D eigenvalue weighted by Gasteiger charge is 2.04. The number of anilines is 1. The molecule has 0 fully saturated rings. The molecule has 0 bridgehead atoms. The molecule has 0 unspecified atom stereocenters. The summed E-state index contributed by atoms with van der Waals surface area (Å²) in [6.45, 7) is 6.16. The number of imidazole rings is 1. The summed E-state index contributed by atoms with van der Waals surface area (Å²) in [6.07, 6.45) is 8.48. The SMILES string of the molecule is CCCCCNc1ccc(CCn2ccnc2C)c(Cl)c1. The van der Waals surface area contributed by atoms with Gasteiger partial charge in [0.2, 0.25) is 0 Å². The first-order valence-electron chi connectivity index (χ1n) is 7.70. The maximum absolute atomic E-state index is 6.38. The molecule has 0 spiro atoms. The number of unbranched alkanes of at least 4 members (excludes halogenated alkanes) is 2. The van der Waals surface area contributed by atoms with E-state index in [1.165, 1.54) is 24.8 Å². The summed E-state index contributed by atoms with van der Waals surface area (Å²) >= 11 is 6.38. The van der Waals surface area contributed by atoms with E-state index in [1.807, 2.05) is 25.4 Å². The Kier molecular flexibility index (Phi) is 6.12. The normalized spacial score (nSPS) is 10.8. The fourth-order valence-corrected chi connectivity index (χ4v) is 2.62. The molecule has 0 aliphatic carbocycles. The minimum absolute atomic E-state index is 0.841. The van der Waals surface area contributed by atoms with Crippen LogP contribution >= 0.6 is 11.6 Å². The maximum Gasteiger partial charge on any atom is 0.105 e. The van der Waals surface area contributed by atoms with Gasteiger partial charge in [-0.1, -0.05) is 37.4 Å². The second-order valence-corrected chi connectivity index (χ2v) is 5.77. The van der Waals surface area contributed by atoms with Gasteiger partial charge in [-0.3, -0.25) is 0 Å². The molecule has 21 heavy (non-hydrogen) atoms. The third kappa shape index (κ3) is 4.78. The molecule has 0 radical (unpaired) electrons. The molecule has 4 heteroatoms. The van der Waals surface area contributed by atoms with Crippen molar-refractivity contribution in [2.45, 2.75) is 46.1 Å². The smallest absolute Gasteiger partial charge is 0.105 e.